The largest absolute Gasteiger partial charge is 0.293 e. The van der Waals surface area contributed by atoms with Gasteiger partial charge in [0, 0.05) is 12.1 Å². The molecule has 0 N–H and O–H groups in total. The average molecular weight is 332 g/mol. The van der Waals surface area contributed by atoms with E-state index in [9.17, 15) is 0 Å². The maximum Gasteiger partial charge on any atom is 0.0359 e. The molecule has 25 heavy (non-hydrogen) atoms. The van der Waals surface area contributed by atoms with Crippen LogP contribution >= 0.6 is 0 Å². The van der Waals surface area contributed by atoms with Crippen molar-refractivity contribution in [3.63, 3.8) is 0 Å². The van der Waals surface area contributed by atoms with Crippen LogP contribution in [-0.4, -0.2) is 17.5 Å². The molecule has 2 atom stereocenters. The van der Waals surface area contributed by atoms with E-state index in [1.807, 2.05) is 0 Å². The SMILES string of the molecule is Cc1ccc(-c2ccc3c(c2)C2C[C@@H]3CCCN2C2CCCC2)cc1. The summed E-state index contributed by atoms with van der Waals surface area (Å²) in [5.41, 5.74) is 7.40. The minimum atomic E-state index is 0.677. The van der Waals surface area contributed by atoms with Crippen LogP contribution in [0.4, 0.5) is 0 Å². The molecule has 2 aromatic carbocycles. The van der Waals surface area contributed by atoms with Crippen molar-refractivity contribution in [3.8, 4) is 11.1 Å². The zero-order valence-electron chi connectivity index (χ0n) is 15.4. The number of hydrogen-bond acceptors (Lipinski definition) is 1. The van der Waals surface area contributed by atoms with E-state index in [-0.39, 0.29) is 0 Å². The summed E-state index contributed by atoms with van der Waals surface area (Å²) in [5.74, 6) is 0.804. The van der Waals surface area contributed by atoms with E-state index in [1.165, 1.54) is 68.2 Å². The molecular weight excluding hydrogens is 302 g/mol. The lowest BCUT2D eigenvalue weighted by atomic mass is 9.93. The van der Waals surface area contributed by atoms with E-state index < -0.39 is 0 Å². The van der Waals surface area contributed by atoms with Crippen LogP contribution in [0.25, 0.3) is 11.1 Å². The van der Waals surface area contributed by atoms with Gasteiger partial charge >= 0.3 is 0 Å². The smallest absolute Gasteiger partial charge is 0.0359 e. The van der Waals surface area contributed by atoms with Crippen molar-refractivity contribution in [2.75, 3.05) is 6.54 Å². The number of likely N-dealkylation sites (tertiary alicyclic amines) is 1. The lowest BCUT2D eigenvalue weighted by Crippen LogP contribution is -2.36. The first-order valence-corrected chi connectivity index (χ1v) is 10.3. The summed E-state index contributed by atoms with van der Waals surface area (Å²) in [6, 6.07) is 17.9. The van der Waals surface area contributed by atoms with Crippen molar-refractivity contribution in [2.24, 2.45) is 0 Å². The average Bonchev–Trinajstić information content (AvgIpc) is 3.21. The highest BCUT2D eigenvalue weighted by atomic mass is 15.2. The predicted molar refractivity (Wildman–Crippen MR) is 105 cm³/mol. The second-order valence-corrected chi connectivity index (χ2v) is 8.48. The second kappa shape index (κ2) is 6.29. The lowest BCUT2D eigenvalue weighted by molar-refractivity contribution is 0.142. The van der Waals surface area contributed by atoms with Crippen molar-refractivity contribution >= 4 is 0 Å². The number of fused-ring (bicyclic) bond motifs is 5. The van der Waals surface area contributed by atoms with Crippen molar-refractivity contribution in [3.05, 3.63) is 59.2 Å². The predicted octanol–water partition coefficient (Wildman–Crippen LogP) is 6.23. The fourth-order valence-corrected chi connectivity index (χ4v) is 5.62. The van der Waals surface area contributed by atoms with Crippen molar-refractivity contribution in [1.29, 1.82) is 0 Å². The third-order valence-electron chi connectivity index (χ3n) is 6.94. The number of benzene rings is 2. The minimum absolute atomic E-state index is 0.677. The first kappa shape index (κ1) is 15.6. The Kier molecular flexibility index (Phi) is 3.93. The summed E-state index contributed by atoms with van der Waals surface area (Å²) >= 11 is 0. The van der Waals surface area contributed by atoms with Gasteiger partial charge in [-0.05, 0) is 79.8 Å². The molecule has 0 amide bonds. The van der Waals surface area contributed by atoms with Crippen LogP contribution in [0.15, 0.2) is 42.5 Å². The zero-order valence-corrected chi connectivity index (χ0v) is 15.4. The zero-order chi connectivity index (χ0) is 16.8. The third-order valence-corrected chi connectivity index (χ3v) is 6.94. The van der Waals surface area contributed by atoms with Crippen molar-refractivity contribution in [2.45, 2.75) is 69.9 Å². The third kappa shape index (κ3) is 2.73. The molecular formula is C24H29N. The Hall–Kier alpha value is -1.60. The van der Waals surface area contributed by atoms with Crippen LogP contribution in [0.5, 0.6) is 0 Å². The molecule has 1 saturated carbocycles. The summed E-state index contributed by atoms with van der Waals surface area (Å²) in [6.07, 6.45) is 9.86. The van der Waals surface area contributed by atoms with Crippen LogP contribution in [0.1, 0.15) is 73.6 Å². The molecule has 2 fully saturated rings. The van der Waals surface area contributed by atoms with Gasteiger partial charge in [-0.2, -0.15) is 0 Å². The molecule has 0 aromatic heterocycles. The minimum Gasteiger partial charge on any atom is -0.293 e. The van der Waals surface area contributed by atoms with Gasteiger partial charge in [0.05, 0.1) is 0 Å². The number of nitrogens with zero attached hydrogens (tertiary/aromatic N) is 1. The molecule has 1 nitrogen and oxygen atoms in total. The Morgan fingerprint density at radius 2 is 1.56 bits per heavy atom. The first-order chi connectivity index (χ1) is 12.3. The van der Waals surface area contributed by atoms with E-state index in [0.29, 0.717) is 6.04 Å². The standard InChI is InChI=1S/C24H29N/c1-17-8-10-18(11-9-17)19-12-13-22-20-5-4-14-25(21-6-2-3-7-21)24(16-20)23(22)15-19/h8-13,15,20-21,24H,2-7,14,16H2,1H3/t20-,24?/m0/s1. The molecule has 0 radical (unpaired) electrons. The maximum absolute atomic E-state index is 2.90. The fourth-order valence-electron chi connectivity index (χ4n) is 5.62. The van der Waals surface area contributed by atoms with E-state index in [2.05, 4.69) is 54.3 Å². The molecule has 1 saturated heterocycles. The van der Waals surface area contributed by atoms with Gasteiger partial charge in [-0.25, -0.2) is 0 Å². The highest BCUT2D eigenvalue weighted by molar-refractivity contribution is 5.66. The van der Waals surface area contributed by atoms with Gasteiger partial charge in [0.15, 0.2) is 0 Å². The Balaban J connectivity index is 1.53. The Morgan fingerprint density at radius 3 is 2.36 bits per heavy atom. The fraction of sp³-hybridized carbons (Fsp3) is 0.500. The van der Waals surface area contributed by atoms with Gasteiger partial charge in [0.1, 0.15) is 0 Å². The van der Waals surface area contributed by atoms with Gasteiger partial charge in [-0.15, -0.1) is 0 Å². The normalized spacial score (nSPS) is 26.6. The first-order valence-electron chi connectivity index (χ1n) is 10.3. The molecule has 3 aliphatic rings. The molecule has 1 heteroatoms. The number of rotatable bonds is 2. The summed E-state index contributed by atoms with van der Waals surface area (Å²) in [5, 5.41) is 0. The molecule has 1 aliphatic heterocycles. The van der Waals surface area contributed by atoms with E-state index in [1.54, 1.807) is 11.1 Å². The van der Waals surface area contributed by atoms with Crippen LogP contribution < -0.4 is 0 Å². The molecule has 2 aromatic rings. The highest BCUT2D eigenvalue weighted by Gasteiger charge is 2.39. The summed E-state index contributed by atoms with van der Waals surface area (Å²) < 4.78 is 0. The van der Waals surface area contributed by atoms with Crippen LogP contribution in [0.3, 0.4) is 0 Å². The van der Waals surface area contributed by atoms with E-state index in [4.69, 9.17) is 0 Å². The number of aryl methyl sites for hydroxylation is 1. The molecule has 1 heterocycles. The summed E-state index contributed by atoms with van der Waals surface area (Å²) in [4.78, 5) is 2.90. The van der Waals surface area contributed by atoms with E-state index in [0.717, 1.165) is 12.0 Å². The lowest BCUT2D eigenvalue weighted by Gasteiger charge is -2.34. The monoisotopic (exact) mass is 331 g/mol. The second-order valence-electron chi connectivity index (χ2n) is 8.48. The van der Waals surface area contributed by atoms with E-state index >= 15 is 0 Å². The van der Waals surface area contributed by atoms with Gasteiger partial charge in [0.25, 0.3) is 0 Å². The molecule has 2 bridgehead atoms. The Morgan fingerprint density at radius 1 is 0.800 bits per heavy atom. The molecule has 0 spiro atoms. The van der Waals surface area contributed by atoms with Crippen LogP contribution in [-0.2, 0) is 0 Å². The summed E-state index contributed by atoms with van der Waals surface area (Å²) in [7, 11) is 0. The molecule has 5 rings (SSSR count). The molecule has 130 valence electrons. The molecule has 1 unspecified atom stereocenters. The quantitative estimate of drug-likeness (QED) is 0.630. The summed E-state index contributed by atoms with van der Waals surface area (Å²) in [6.45, 7) is 3.48. The maximum atomic E-state index is 2.90. The number of hydrogen-bond donors (Lipinski definition) is 0. The van der Waals surface area contributed by atoms with Gasteiger partial charge in [-0.3, -0.25) is 4.90 Å². The van der Waals surface area contributed by atoms with Crippen LogP contribution in [0, 0.1) is 6.92 Å². The Labute approximate surface area is 152 Å². The van der Waals surface area contributed by atoms with Gasteiger partial charge in [-0.1, -0.05) is 54.8 Å². The Bertz CT molecular complexity index is 754. The van der Waals surface area contributed by atoms with Crippen molar-refractivity contribution in [1.82, 2.24) is 4.90 Å². The van der Waals surface area contributed by atoms with Gasteiger partial charge < -0.3 is 0 Å². The van der Waals surface area contributed by atoms with Crippen LogP contribution in [0.2, 0.25) is 0 Å². The molecule has 2 aliphatic carbocycles. The van der Waals surface area contributed by atoms with Crippen molar-refractivity contribution < 1.29 is 0 Å². The topological polar surface area (TPSA) is 3.24 Å². The van der Waals surface area contributed by atoms with Gasteiger partial charge in [0.2, 0.25) is 0 Å². The highest BCUT2D eigenvalue weighted by Crippen LogP contribution is 2.50.